The van der Waals surface area contributed by atoms with Crippen molar-refractivity contribution < 1.29 is 14.3 Å². The van der Waals surface area contributed by atoms with E-state index in [2.05, 4.69) is 27.0 Å². The number of rotatable bonds is 7. The lowest BCUT2D eigenvalue weighted by molar-refractivity contribution is -0.0138. The zero-order valence-electron chi connectivity index (χ0n) is 22.6. The number of aryl methyl sites for hydroxylation is 2. The molecule has 2 aromatic rings. The number of nitrogens with zero attached hydrogens (tertiary/aromatic N) is 1. The van der Waals surface area contributed by atoms with Gasteiger partial charge in [0.2, 0.25) is 0 Å². The SMILES string of the molecule is Cc1cc(C)cc(OCc2nc(C(=O)N[C@@H]3CCCC[C@H]3NC(=O)NC34CC5CC(CC(C5)C3)C4)cs2)c1. The van der Waals surface area contributed by atoms with Crippen molar-refractivity contribution in [2.45, 2.75) is 102 Å². The Hall–Kier alpha value is -2.61. The number of thiazole rings is 1. The zero-order chi connectivity index (χ0) is 26.3. The highest BCUT2D eigenvalue weighted by Crippen LogP contribution is 2.55. The highest BCUT2D eigenvalue weighted by Gasteiger charge is 2.51. The number of carbonyl (C=O) groups is 2. The molecular formula is C30H40N4O3S. The van der Waals surface area contributed by atoms with Crippen molar-refractivity contribution in [1.29, 1.82) is 0 Å². The predicted molar refractivity (Wildman–Crippen MR) is 148 cm³/mol. The monoisotopic (exact) mass is 536 g/mol. The van der Waals surface area contributed by atoms with Crippen LogP contribution in [0, 0.1) is 31.6 Å². The van der Waals surface area contributed by atoms with Gasteiger partial charge in [0.1, 0.15) is 23.1 Å². The van der Waals surface area contributed by atoms with Crippen LogP contribution in [0.5, 0.6) is 5.75 Å². The fourth-order valence-corrected chi connectivity index (χ4v) is 8.76. The van der Waals surface area contributed by atoms with E-state index in [1.54, 1.807) is 5.38 Å². The molecule has 8 heteroatoms. The van der Waals surface area contributed by atoms with Crippen molar-refractivity contribution in [3.8, 4) is 5.75 Å². The summed E-state index contributed by atoms with van der Waals surface area (Å²) in [5, 5.41) is 12.4. The van der Waals surface area contributed by atoms with Crippen LogP contribution in [0.3, 0.4) is 0 Å². The van der Waals surface area contributed by atoms with Gasteiger partial charge >= 0.3 is 6.03 Å². The van der Waals surface area contributed by atoms with Crippen LogP contribution < -0.4 is 20.7 Å². The number of urea groups is 1. The minimum Gasteiger partial charge on any atom is -0.486 e. The summed E-state index contributed by atoms with van der Waals surface area (Å²) in [7, 11) is 0. The number of nitrogens with one attached hydrogen (secondary N) is 3. The molecule has 5 fully saturated rings. The normalized spacial score (nSPS) is 31.6. The first-order chi connectivity index (χ1) is 18.3. The lowest BCUT2D eigenvalue weighted by Gasteiger charge is -2.56. The molecule has 0 unspecified atom stereocenters. The number of hydrogen-bond donors (Lipinski definition) is 3. The number of ether oxygens (including phenoxy) is 1. The largest absolute Gasteiger partial charge is 0.486 e. The Morgan fingerprint density at radius 2 is 1.55 bits per heavy atom. The lowest BCUT2D eigenvalue weighted by Crippen LogP contribution is -2.63. The Morgan fingerprint density at radius 3 is 2.18 bits per heavy atom. The predicted octanol–water partition coefficient (Wildman–Crippen LogP) is 5.65. The van der Waals surface area contributed by atoms with Crippen molar-refractivity contribution in [3.05, 3.63) is 45.4 Å². The summed E-state index contributed by atoms with van der Waals surface area (Å²) in [6.07, 6.45) is 11.3. The summed E-state index contributed by atoms with van der Waals surface area (Å²) in [5.41, 5.74) is 2.71. The minimum atomic E-state index is -0.181. The van der Waals surface area contributed by atoms with Gasteiger partial charge in [-0.15, -0.1) is 11.3 Å². The van der Waals surface area contributed by atoms with Gasteiger partial charge in [0.25, 0.3) is 5.91 Å². The molecule has 1 aromatic carbocycles. The molecule has 5 saturated carbocycles. The molecule has 204 valence electrons. The van der Waals surface area contributed by atoms with Crippen molar-refractivity contribution in [2.75, 3.05) is 0 Å². The Balaban J connectivity index is 1.03. The molecule has 2 atom stereocenters. The molecule has 1 heterocycles. The third-order valence-corrected chi connectivity index (χ3v) is 9.98. The third kappa shape index (κ3) is 5.70. The Kier molecular flexibility index (Phi) is 7.10. The van der Waals surface area contributed by atoms with Gasteiger partial charge in [-0.25, -0.2) is 9.78 Å². The van der Waals surface area contributed by atoms with Gasteiger partial charge in [-0.05, 0) is 106 Å². The minimum absolute atomic E-state index is 0.0115. The van der Waals surface area contributed by atoms with Crippen LogP contribution in [0.15, 0.2) is 23.6 Å². The second-order valence-electron chi connectivity index (χ2n) is 12.5. The first kappa shape index (κ1) is 25.7. The standard InChI is InChI=1S/C30H40N4O3S/c1-18-7-19(2)9-23(8-18)37-16-27-31-26(17-38-27)28(35)32-24-5-3-4-6-25(24)33-29(36)34-30-13-20-10-21(14-30)12-22(11-20)15-30/h7-9,17,20-22,24-25H,3-6,10-16H2,1-2H3,(H,32,35)(H2,33,34,36)/t20?,21?,22?,24-,25-,30?/m1/s1. The highest BCUT2D eigenvalue weighted by atomic mass is 32.1. The summed E-state index contributed by atoms with van der Waals surface area (Å²) < 4.78 is 5.92. The molecule has 38 heavy (non-hydrogen) atoms. The maximum atomic E-state index is 13.2. The molecule has 0 radical (unpaired) electrons. The summed E-state index contributed by atoms with van der Waals surface area (Å²) in [4.78, 5) is 30.8. The first-order valence-corrected chi connectivity index (χ1v) is 15.3. The van der Waals surface area contributed by atoms with Crippen molar-refractivity contribution in [2.24, 2.45) is 17.8 Å². The second-order valence-corrected chi connectivity index (χ2v) is 13.4. The van der Waals surface area contributed by atoms with E-state index in [0.29, 0.717) is 12.3 Å². The molecule has 0 saturated heterocycles. The molecule has 3 N–H and O–H groups in total. The Morgan fingerprint density at radius 1 is 0.947 bits per heavy atom. The topological polar surface area (TPSA) is 92.3 Å². The van der Waals surface area contributed by atoms with Crippen molar-refractivity contribution in [3.63, 3.8) is 0 Å². The zero-order valence-corrected chi connectivity index (χ0v) is 23.4. The van der Waals surface area contributed by atoms with E-state index in [-0.39, 0.29) is 29.6 Å². The van der Waals surface area contributed by atoms with Gasteiger partial charge in [0.05, 0.1) is 6.04 Å². The maximum absolute atomic E-state index is 13.2. The summed E-state index contributed by atoms with van der Waals surface area (Å²) in [6.45, 7) is 4.43. The molecule has 0 spiro atoms. The number of amides is 3. The van der Waals surface area contributed by atoms with Gasteiger partial charge in [0, 0.05) is 17.0 Å². The summed E-state index contributed by atoms with van der Waals surface area (Å²) in [5.74, 6) is 3.00. The summed E-state index contributed by atoms with van der Waals surface area (Å²) in [6, 6.07) is 5.91. The maximum Gasteiger partial charge on any atom is 0.315 e. The van der Waals surface area contributed by atoms with Gasteiger partial charge in [-0.1, -0.05) is 18.9 Å². The van der Waals surface area contributed by atoms with Crippen LogP contribution in [0.2, 0.25) is 0 Å². The van der Waals surface area contributed by atoms with Gasteiger partial charge in [-0.3, -0.25) is 4.79 Å². The number of aromatic nitrogens is 1. The van der Waals surface area contributed by atoms with Gasteiger partial charge in [-0.2, -0.15) is 0 Å². The van der Waals surface area contributed by atoms with E-state index in [0.717, 1.165) is 84.6 Å². The van der Waals surface area contributed by atoms with E-state index in [4.69, 9.17) is 4.74 Å². The average Bonchev–Trinajstić information content (AvgIpc) is 3.31. The van der Waals surface area contributed by atoms with E-state index in [9.17, 15) is 9.59 Å². The average molecular weight is 537 g/mol. The van der Waals surface area contributed by atoms with E-state index < -0.39 is 0 Å². The lowest BCUT2D eigenvalue weighted by atomic mass is 9.53. The number of benzene rings is 1. The molecule has 5 aliphatic carbocycles. The Bertz CT molecular complexity index is 1140. The van der Waals surface area contributed by atoms with Crippen LogP contribution in [0.1, 0.15) is 90.8 Å². The van der Waals surface area contributed by atoms with Crippen molar-refractivity contribution >= 4 is 23.3 Å². The molecule has 3 amide bonds. The first-order valence-electron chi connectivity index (χ1n) is 14.4. The highest BCUT2D eigenvalue weighted by molar-refractivity contribution is 7.09. The van der Waals surface area contributed by atoms with Crippen molar-refractivity contribution in [1.82, 2.24) is 20.9 Å². The molecule has 5 aliphatic rings. The van der Waals surface area contributed by atoms with Gasteiger partial charge in [0.15, 0.2) is 0 Å². The number of carbonyl (C=O) groups excluding carboxylic acids is 2. The van der Waals surface area contributed by atoms with E-state index >= 15 is 0 Å². The molecule has 1 aromatic heterocycles. The van der Waals surface area contributed by atoms with Crippen LogP contribution in [-0.4, -0.2) is 34.5 Å². The van der Waals surface area contributed by atoms with Crippen LogP contribution in [-0.2, 0) is 6.61 Å². The molecule has 4 bridgehead atoms. The fraction of sp³-hybridized carbons (Fsp3) is 0.633. The van der Waals surface area contributed by atoms with Crippen LogP contribution in [0.4, 0.5) is 4.79 Å². The van der Waals surface area contributed by atoms with Crippen LogP contribution in [0.25, 0.3) is 0 Å². The second kappa shape index (κ2) is 10.5. The van der Waals surface area contributed by atoms with E-state index in [1.165, 1.54) is 30.6 Å². The fourth-order valence-electron chi connectivity index (χ4n) is 8.07. The Labute approximate surface area is 229 Å². The van der Waals surface area contributed by atoms with Crippen LogP contribution >= 0.6 is 11.3 Å². The molecular weight excluding hydrogens is 496 g/mol. The number of hydrogen-bond acceptors (Lipinski definition) is 5. The quantitative estimate of drug-likeness (QED) is 0.427. The molecule has 7 rings (SSSR count). The third-order valence-electron chi connectivity index (χ3n) is 9.16. The smallest absolute Gasteiger partial charge is 0.315 e. The molecule has 0 aliphatic heterocycles. The summed E-state index contributed by atoms with van der Waals surface area (Å²) >= 11 is 1.43. The molecule has 7 nitrogen and oxygen atoms in total. The van der Waals surface area contributed by atoms with E-state index in [1.807, 2.05) is 26.0 Å². The van der Waals surface area contributed by atoms with Gasteiger partial charge < -0.3 is 20.7 Å².